The molecule has 1 heterocycles. The molecule has 0 spiro atoms. The van der Waals surface area contributed by atoms with Crippen molar-refractivity contribution in [3.63, 3.8) is 0 Å². The third-order valence-corrected chi connectivity index (χ3v) is 5.11. The number of aliphatic carboxylic acids is 1. The molecule has 1 aliphatic rings. The summed E-state index contributed by atoms with van der Waals surface area (Å²) in [5, 5.41) is 12.2. The van der Waals surface area contributed by atoms with Gasteiger partial charge in [0.2, 0.25) is 0 Å². The van der Waals surface area contributed by atoms with E-state index in [1.54, 1.807) is 38.1 Å². The maximum Gasteiger partial charge on any atom is 0.306 e. The molecule has 1 amide bonds. The molecular formula is C21H23NO6. The van der Waals surface area contributed by atoms with Crippen LogP contribution in [0.25, 0.3) is 0 Å². The van der Waals surface area contributed by atoms with Crippen molar-refractivity contribution in [2.75, 3.05) is 7.11 Å². The molecule has 0 radical (unpaired) electrons. The summed E-state index contributed by atoms with van der Waals surface area (Å²) in [6.07, 6.45) is 1.41. The quantitative estimate of drug-likeness (QED) is 0.791. The summed E-state index contributed by atoms with van der Waals surface area (Å²) in [6, 6.07) is 6.89. The summed E-state index contributed by atoms with van der Waals surface area (Å²) in [5.41, 5.74) is 0.382. The molecule has 2 N–H and O–H groups in total. The second-order valence-corrected chi connectivity index (χ2v) is 7.22. The lowest BCUT2D eigenvalue weighted by Gasteiger charge is -2.30. The highest BCUT2D eigenvalue weighted by Gasteiger charge is 2.35. The number of methoxy groups -OCH3 is 1. The van der Waals surface area contributed by atoms with Gasteiger partial charge in [-0.25, -0.2) is 0 Å². The molecular weight excluding hydrogens is 362 g/mol. The maximum absolute atomic E-state index is 13.0. The van der Waals surface area contributed by atoms with Gasteiger partial charge in [0.25, 0.3) is 5.91 Å². The molecule has 1 atom stereocenters. The normalized spacial score (nSPS) is 15.5. The molecule has 1 unspecified atom stereocenters. The van der Waals surface area contributed by atoms with E-state index in [9.17, 15) is 19.5 Å². The lowest BCUT2D eigenvalue weighted by atomic mass is 9.88. The summed E-state index contributed by atoms with van der Waals surface area (Å²) in [5.74, 6) is -0.497. The first kappa shape index (κ1) is 19.7. The Kier molecular flexibility index (Phi) is 5.27. The van der Waals surface area contributed by atoms with Gasteiger partial charge in [0, 0.05) is 18.4 Å². The minimum Gasteiger partial charge on any atom is -0.497 e. The van der Waals surface area contributed by atoms with Crippen LogP contribution in [0.3, 0.4) is 0 Å². The van der Waals surface area contributed by atoms with Gasteiger partial charge in [0.05, 0.1) is 24.6 Å². The number of carboxylic acid groups (broad SMARTS) is 1. The lowest BCUT2D eigenvalue weighted by Crippen LogP contribution is -2.45. The van der Waals surface area contributed by atoms with Gasteiger partial charge in [-0.2, -0.15) is 0 Å². The fourth-order valence-electron chi connectivity index (χ4n) is 3.66. The van der Waals surface area contributed by atoms with Crippen molar-refractivity contribution in [1.82, 2.24) is 5.32 Å². The van der Waals surface area contributed by atoms with Gasteiger partial charge in [-0.3, -0.25) is 14.4 Å². The number of hydrogen-bond donors (Lipinski definition) is 2. The van der Waals surface area contributed by atoms with E-state index in [2.05, 4.69) is 5.32 Å². The number of carbonyl (C=O) groups excluding carboxylic acids is 2. The number of hydrogen-bond acceptors (Lipinski definition) is 5. The van der Waals surface area contributed by atoms with Crippen LogP contribution in [0.4, 0.5) is 0 Å². The number of rotatable bonds is 6. The van der Waals surface area contributed by atoms with Gasteiger partial charge in [-0.05, 0) is 38.0 Å². The molecule has 7 heteroatoms. The Bertz CT molecular complexity index is 944. The van der Waals surface area contributed by atoms with Gasteiger partial charge in [-0.15, -0.1) is 0 Å². The largest absolute Gasteiger partial charge is 0.497 e. The highest BCUT2D eigenvalue weighted by molar-refractivity contribution is 6.03. The molecule has 7 nitrogen and oxygen atoms in total. The van der Waals surface area contributed by atoms with Crippen LogP contribution in [-0.4, -0.2) is 29.9 Å². The number of furan rings is 1. The maximum atomic E-state index is 13.0. The fraction of sp³-hybridized carbons (Fsp3) is 0.381. The van der Waals surface area contributed by atoms with E-state index >= 15 is 0 Å². The summed E-state index contributed by atoms with van der Waals surface area (Å²) < 4.78 is 10.9. The van der Waals surface area contributed by atoms with Crippen molar-refractivity contribution >= 4 is 17.7 Å². The number of carboxylic acids is 1. The number of aryl methyl sites for hydroxylation is 1. The highest BCUT2D eigenvalue weighted by atomic mass is 16.5. The zero-order valence-corrected chi connectivity index (χ0v) is 16.1. The SMILES string of the molecule is COc1cccc(C(C)(CC(=O)O)NC(=O)c2oc3c(c2C)C(=O)CCC3)c1. The Labute approximate surface area is 162 Å². The van der Waals surface area contributed by atoms with E-state index in [0.29, 0.717) is 47.5 Å². The van der Waals surface area contributed by atoms with Crippen LogP contribution in [0.15, 0.2) is 28.7 Å². The fourth-order valence-corrected chi connectivity index (χ4v) is 3.66. The van der Waals surface area contributed by atoms with E-state index in [4.69, 9.17) is 9.15 Å². The standard InChI is InChI=1S/C21H23NO6/c1-12-18-15(23)8-5-9-16(18)28-19(12)20(26)22-21(2,11-17(24)25)13-6-4-7-14(10-13)27-3/h4,6-7,10H,5,8-9,11H2,1-3H3,(H,22,26)(H,24,25). The van der Waals surface area contributed by atoms with Crippen LogP contribution in [0.2, 0.25) is 0 Å². The third-order valence-electron chi connectivity index (χ3n) is 5.11. The first-order valence-electron chi connectivity index (χ1n) is 9.09. The number of amides is 1. The second kappa shape index (κ2) is 7.50. The van der Waals surface area contributed by atoms with Crippen molar-refractivity contribution in [2.45, 2.75) is 45.1 Å². The van der Waals surface area contributed by atoms with Crippen LogP contribution in [-0.2, 0) is 16.8 Å². The lowest BCUT2D eigenvalue weighted by molar-refractivity contribution is -0.138. The average molecular weight is 385 g/mol. The van der Waals surface area contributed by atoms with Crippen molar-refractivity contribution in [3.8, 4) is 5.75 Å². The molecule has 148 valence electrons. The van der Waals surface area contributed by atoms with E-state index < -0.39 is 17.4 Å². The summed E-state index contributed by atoms with van der Waals surface area (Å²) in [4.78, 5) is 36.6. The van der Waals surface area contributed by atoms with Crippen molar-refractivity contribution in [3.05, 3.63) is 52.5 Å². The first-order valence-corrected chi connectivity index (χ1v) is 9.09. The Morgan fingerprint density at radius 1 is 1.32 bits per heavy atom. The summed E-state index contributed by atoms with van der Waals surface area (Å²) >= 11 is 0. The number of fused-ring (bicyclic) bond motifs is 1. The van der Waals surface area contributed by atoms with Crippen LogP contribution in [0.5, 0.6) is 5.75 Å². The Morgan fingerprint density at radius 3 is 2.71 bits per heavy atom. The Balaban J connectivity index is 1.96. The first-order chi connectivity index (χ1) is 13.2. The number of carbonyl (C=O) groups is 3. The monoisotopic (exact) mass is 385 g/mol. The summed E-state index contributed by atoms with van der Waals surface area (Å²) in [6.45, 7) is 3.32. The van der Waals surface area contributed by atoms with Crippen LogP contribution >= 0.6 is 0 Å². The number of ketones is 1. The second-order valence-electron chi connectivity index (χ2n) is 7.22. The van der Waals surface area contributed by atoms with Gasteiger partial charge >= 0.3 is 5.97 Å². The smallest absolute Gasteiger partial charge is 0.306 e. The number of ether oxygens (including phenoxy) is 1. The topological polar surface area (TPSA) is 106 Å². The van der Waals surface area contributed by atoms with Gasteiger partial charge in [0.15, 0.2) is 11.5 Å². The third kappa shape index (κ3) is 3.65. The number of nitrogens with one attached hydrogen (secondary N) is 1. The zero-order valence-electron chi connectivity index (χ0n) is 16.1. The van der Waals surface area contributed by atoms with Crippen LogP contribution in [0, 0.1) is 6.92 Å². The Morgan fingerprint density at radius 2 is 2.07 bits per heavy atom. The van der Waals surface area contributed by atoms with Gasteiger partial charge in [0.1, 0.15) is 11.5 Å². The predicted molar refractivity (Wildman–Crippen MR) is 101 cm³/mol. The molecule has 28 heavy (non-hydrogen) atoms. The predicted octanol–water partition coefficient (Wildman–Crippen LogP) is 3.24. The molecule has 0 aliphatic heterocycles. The van der Waals surface area contributed by atoms with Gasteiger partial charge < -0.3 is 19.6 Å². The minimum atomic E-state index is -1.19. The van der Waals surface area contributed by atoms with Crippen molar-refractivity contribution in [1.29, 1.82) is 0 Å². The van der Waals surface area contributed by atoms with E-state index in [1.807, 2.05) is 0 Å². The number of Topliss-reactive ketones (excluding diaryl/α,β-unsaturated/α-hetero) is 1. The van der Waals surface area contributed by atoms with E-state index in [0.717, 1.165) is 0 Å². The molecule has 3 rings (SSSR count). The molecule has 0 bridgehead atoms. The van der Waals surface area contributed by atoms with Crippen molar-refractivity contribution in [2.24, 2.45) is 0 Å². The van der Waals surface area contributed by atoms with E-state index in [1.165, 1.54) is 7.11 Å². The molecule has 0 fully saturated rings. The zero-order chi connectivity index (χ0) is 20.5. The molecule has 2 aromatic rings. The summed E-state index contributed by atoms with van der Waals surface area (Å²) in [7, 11) is 1.51. The van der Waals surface area contributed by atoms with E-state index in [-0.39, 0.29) is 18.0 Å². The molecule has 1 aromatic heterocycles. The minimum absolute atomic E-state index is 0.0253. The molecule has 0 saturated carbocycles. The van der Waals surface area contributed by atoms with Crippen LogP contribution < -0.4 is 10.1 Å². The molecule has 1 aromatic carbocycles. The highest BCUT2D eigenvalue weighted by Crippen LogP contribution is 2.32. The average Bonchev–Trinajstić information content (AvgIpc) is 2.99. The van der Waals surface area contributed by atoms with Crippen molar-refractivity contribution < 1.29 is 28.6 Å². The van der Waals surface area contributed by atoms with Gasteiger partial charge in [-0.1, -0.05) is 12.1 Å². The molecule has 0 saturated heterocycles. The van der Waals surface area contributed by atoms with Crippen LogP contribution in [0.1, 0.15) is 64.0 Å². The Hall–Kier alpha value is -3.09. The molecule has 1 aliphatic carbocycles. The number of benzene rings is 1.